The Morgan fingerprint density at radius 2 is 1.55 bits per heavy atom. The van der Waals surface area contributed by atoms with E-state index in [0.29, 0.717) is 73.3 Å². The Bertz CT molecular complexity index is 2510. The van der Waals surface area contributed by atoms with Crippen molar-refractivity contribution in [3.05, 3.63) is 88.6 Å². The van der Waals surface area contributed by atoms with Crippen LogP contribution in [0.15, 0.2) is 71.4 Å². The molecule has 0 saturated carbocycles. The van der Waals surface area contributed by atoms with E-state index in [2.05, 4.69) is 44.7 Å². The molecule has 5 rings (SSSR count). The summed E-state index contributed by atoms with van der Waals surface area (Å²) in [4.78, 5) is 105. The molecule has 2 aromatic carbocycles. The number of nitrogens with zero attached hydrogens (tertiary/aromatic N) is 4. The lowest BCUT2D eigenvalue weighted by Gasteiger charge is -2.32. The highest BCUT2D eigenvalue weighted by Gasteiger charge is 2.30. The molecule has 2 atom stereocenters. The molecule has 17 nitrogen and oxygen atoms in total. The molecule has 0 radical (unpaired) electrons. The number of amides is 5. The first-order chi connectivity index (χ1) is 36.9. The van der Waals surface area contributed by atoms with E-state index in [4.69, 9.17) is 16.2 Å². The fraction of sp³-hybridized carbons (Fsp3) is 0.550. The van der Waals surface area contributed by atoms with Gasteiger partial charge in [0.2, 0.25) is 11.8 Å². The number of pyridine rings is 1. The van der Waals surface area contributed by atoms with E-state index in [9.17, 15) is 33.6 Å². The fourth-order valence-electron chi connectivity index (χ4n) is 9.80. The molecule has 77 heavy (non-hydrogen) atoms. The van der Waals surface area contributed by atoms with Gasteiger partial charge in [0.15, 0.2) is 5.78 Å². The zero-order valence-corrected chi connectivity index (χ0v) is 46.5. The van der Waals surface area contributed by atoms with Gasteiger partial charge in [-0.25, -0.2) is 14.8 Å². The Hall–Kier alpha value is -6.91. The number of aromatic nitrogens is 1. The van der Waals surface area contributed by atoms with Crippen molar-refractivity contribution in [2.24, 2.45) is 40.1 Å². The van der Waals surface area contributed by atoms with Crippen LogP contribution in [0.1, 0.15) is 165 Å². The molecule has 1 saturated heterocycles. The van der Waals surface area contributed by atoms with Crippen LogP contribution in [-0.4, -0.2) is 95.8 Å². The highest BCUT2D eigenvalue weighted by atomic mass is 16.5. The van der Waals surface area contributed by atoms with Crippen molar-refractivity contribution in [1.29, 1.82) is 0 Å². The van der Waals surface area contributed by atoms with Gasteiger partial charge in [0.05, 0.1) is 23.6 Å². The maximum Gasteiger partial charge on any atom is 0.312 e. The lowest BCUT2D eigenvalue weighted by atomic mass is 9.88. The second-order valence-electron chi connectivity index (χ2n) is 21.6. The van der Waals surface area contributed by atoms with Gasteiger partial charge in [0, 0.05) is 87.4 Å². The topological polar surface area (TPSA) is 249 Å². The van der Waals surface area contributed by atoms with Crippen molar-refractivity contribution in [1.82, 2.24) is 20.5 Å². The summed E-state index contributed by atoms with van der Waals surface area (Å²) in [5.41, 5.74) is 15.8. The molecule has 0 bridgehead atoms. The number of urea groups is 1. The predicted octanol–water partition coefficient (Wildman–Crippen LogP) is 9.38. The van der Waals surface area contributed by atoms with Crippen molar-refractivity contribution < 1.29 is 38.3 Å². The highest BCUT2D eigenvalue weighted by molar-refractivity contribution is 6.08. The Kier molecular flexibility index (Phi) is 24.8. The third-order valence-corrected chi connectivity index (χ3v) is 14.3. The first kappa shape index (κ1) is 60.9. The molecule has 418 valence electrons. The van der Waals surface area contributed by atoms with Crippen LogP contribution >= 0.6 is 0 Å². The number of rotatable bonds is 31. The number of ketones is 2. The van der Waals surface area contributed by atoms with Crippen LogP contribution < -0.4 is 32.3 Å². The number of hydrogen-bond donors (Lipinski definition) is 5. The quantitative estimate of drug-likeness (QED) is 0.0300. The van der Waals surface area contributed by atoms with E-state index in [1.54, 1.807) is 24.4 Å². The van der Waals surface area contributed by atoms with Crippen molar-refractivity contribution in [3.63, 3.8) is 0 Å². The summed E-state index contributed by atoms with van der Waals surface area (Å²) in [6.45, 7) is 15.4. The number of esters is 1. The van der Waals surface area contributed by atoms with Gasteiger partial charge in [-0.05, 0) is 104 Å². The predicted molar refractivity (Wildman–Crippen MR) is 303 cm³/mol. The van der Waals surface area contributed by atoms with Crippen LogP contribution in [0, 0.1) is 23.7 Å². The van der Waals surface area contributed by atoms with Crippen LogP contribution in [0.2, 0.25) is 0 Å². The maximum atomic E-state index is 13.7. The van der Waals surface area contributed by atoms with Crippen LogP contribution in [0.25, 0.3) is 6.08 Å². The Morgan fingerprint density at radius 1 is 0.844 bits per heavy atom. The monoisotopic (exact) mass is 1060 g/mol. The molecule has 3 heterocycles. The van der Waals surface area contributed by atoms with E-state index in [1.165, 1.54) is 6.42 Å². The molecule has 0 aliphatic carbocycles. The molecule has 1 aromatic heterocycles. The van der Waals surface area contributed by atoms with Crippen molar-refractivity contribution in [2.75, 3.05) is 42.9 Å². The van der Waals surface area contributed by atoms with Gasteiger partial charge in [0.25, 0.3) is 5.91 Å². The van der Waals surface area contributed by atoms with Crippen molar-refractivity contribution >= 4 is 70.4 Å². The summed E-state index contributed by atoms with van der Waals surface area (Å²) >= 11 is 0. The molecule has 17 heteroatoms. The van der Waals surface area contributed by atoms with Crippen molar-refractivity contribution in [3.8, 4) is 0 Å². The number of fused-ring (bicyclic) bond motifs is 1. The number of benzene rings is 2. The number of unbranched alkanes of at least 4 members (excludes halogenated alkanes) is 3. The number of aliphatic imine (C=N–C) groups is 1. The standard InChI is InChI=1S/C60H85N9O8/c1-7-28-69(29-8-2)59(75)47-34-45-21-22-46(35-52(45)66-54(61)36-47)57(73)65-48-23-24-55(64-38-48)68-30-25-43(26-31-68)33-56(72)77-39-44-19-17-42(18-20-44)32-53(71)51(16-13-27-63-60(62)76)67-58(74)50(41(5)6)37-49(70)15-12-10-9-11-14-40(3)4/h17-24,34-35,38,40-41,43,50-51H,7-16,25-33,36-37,39H2,1-6H3,(H2,61,66)(H,65,73)(H,67,74)(H3,62,63,76)/t50-,51-/m0/s1. The second-order valence-corrected chi connectivity index (χ2v) is 21.6. The molecule has 1 fully saturated rings. The Balaban J connectivity index is 1.05. The SMILES string of the molecule is CCCN(CCC)C(=O)C1=Cc2ccc(C(=O)Nc3ccc(N4CCC(CC(=O)OCc5ccc(CC(=O)[C@H](CCCNC(N)=O)NC(=O)[C@@H](CC(=O)CCCCCCC(C)C)C(C)C)cc5)CC4)nc3)cc2N=C(N)C1. The van der Waals surface area contributed by atoms with Crippen LogP contribution in [0.3, 0.4) is 0 Å². The number of primary amides is 1. The summed E-state index contributed by atoms with van der Waals surface area (Å²) in [5.74, 6) is 0.0858. The first-order valence-corrected chi connectivity index (χ1v) is 28.0. The molecular formula is C60H85N9O8. The van der Waals surface area contributed by atoms with Crippen LogP contribution in [0.5, 0.6) is 0 Å². The number of nitrogens with one attached hydrogen (secondary N) is 3. The van der Waals surface area contributed by atoms with E-state index < -0.39 is 18.0 Å². The summed E-state index contributed by atoms with van der Waals surface area (Å²) in [6.07, 6.45) is 13.8. The smallest absolute Gasteiger partial charge is 0.312 e. The molecule has 5 amide bonds. The van der Waals surface area contributed by atoms with E-state index >= 15 is 0 Å². The van der Waals surface area contributed by atoms with Gasteiger partial charge in [-0.3, -0.25) is 28.8 Å². The number of Topliss-reactive ketones (excluding diaryl/α,β-unsaturated/α-hetero) is 2. The average molecular weight is 1060 g/mol. The summed E-state index contributed by atoms with van der Waals surface area (Å²) < 4.78 is 5.68. The number of carbonyl (C=O) groups excluding carboxylic acids is 7. The molecule has 2 aliphatic rings. The molecule has 2 aliphatic heterocycles. The minimum absolute atomic E-state index is 0.0496. The molecule has 0 spiro atoms. The largest absolute Gasteiger partial charge is 0.461 e. The summed E-state index contributed by atoms with van der Waals surface area (Å²) in [5, 5.41) is 8.41. The Labute approximate surface area is 456 Å². The van der Waals surface area contributed by atoms with Crippen LogP contribution in [-0.2, 0) is 41.7 Å². The number of piperidine rings is 1. The van der Waals surface area contributed by atoms with Gasteiger partial charge < -0.3 is 42.0 Å². The van der Waals surface area contributed by atoms with Crippen molar-refractivity contribution in [2.45, 2.75) is 157 Å². The lowest BCUT2D eigenvalue weighted by molar-refractivity contribution is -0.146. The minimum Gasteiger partial charge on any atom is -0.461 e. The average Bonchev–Trinajstić information content (AvgIpc) is 3.57. The number of amidine groups is 1. The number of hydrogen-bond acceptors (Lipinski definition) is 12. The second kappa shape index (κ2) is 31.3. The zero-order chi connectivity index (χ0) is 55.9. The lowest BCUT2D eigenvalue weighted by Crippen LogP contribution is -2.46. The molecule has 0 unspecified atom stereocenters. The summed E-state index contributed by atoms with van der Waals surface area (Å²) in [6, 6.07) is 14.6. The summed E-state index contributed by atoms with van der Waals surface area (Å²) in [7, 11) is 0. The van der Waals surface area contributed by atoms with Crippen LogP contribution in [0.4, 0.5) is 22.0 Å². The highest BCUT2D eigenvalue weighted by Crippen LogP contribution is 2.30. The van der Waals surface area contributed by atoms with Gasteiger partial charge in [-0.15, -0.1) is 0 Å². The van der Waals surface area contributed by atoms with Gasteiger partial charge in [0.1, 0.15) is 24.0 Å². The molecular weight excluding hydrogens is 975 g/mol. The first-order valence-electron chi connectivity index (χ1n) is 28.0. The number of carbonyl (C=O) groups is 7. The fourth-order valence-corrected chi connectivity index (χ4v) is 9.80. The van der Waals surface area contributed by atoms with E-state index in [1.807, 2.05) is 75.1 Å². The minimum atomic E-state index is -0.825. The van der Waals surface area contributed by atoms with Gasteiger partial charge >= 0.3 is 12.0 Å². The van der Waals surface area contributed by atoms with E-state index in [0.717, 1.165) is 73.9 Å². The van der Waals surface area contributed by atoms with Gasteiger partial charge in [-0.2, -0.15) is 0 Å². The number of anilines is 2. The maximum absolute atomic E-state index is 13.7. The normalized spacial score (nSPS) is 14.4. The number of ether oxygens (including phenoxy) is 1. The Morgan fingerprint density at radius 3 is 2.19 bits per heavy atom. The zero-order valence-electron chi connectivity index (χ0n) is 46.5. The molecule has 3 aromatic rings. The van der Waals surface area contributed by atoms with E-state index in [-0.39, 0.29) is 92.3 Å². The molecule has 7 N–H and O–H groups in total. The third-order valence-electron chi connectivity index (χ3n) is 14.3. The third kappa shape index (κ3) is 20.5. The number of nitrogens with two attached hydrogens (primary N) is 2. The van der Waals surface area contributed by atoms with Gasteiger partial charge in [-0.1, -0.05) is 97.6 Å².